The van der Waals surface area contributed by atoms with E-state index in [4.69, 9.17) is 5.73 Å². The van der Waals surface area contributed by atoms with Crippen LogP contribution in [0.2, 0.25) is 0 Å². The van der Waals surface area contributed by atoms with Crippen LogP contribution in [-0.4, -0.2) is 17.9 Å². The monoisotopic (exact) mass is 262 g/mol. The van der Waals surface area contributed by atoms with Crippen molar-refractivity contribution in [2.24, 2.45) is 5.73 Å². The van der Waals surface area contributed by atoms with Crippen LogP contribution in [0.1, 0.15) is 38.2 Å². The standard InChI is InChI=1S/C15H22N2O2/c1-2-3-5-10-14(18)17-13(15(16)19)11-12-8-6-4-7-9-12/h4,6-9,13H,2-3,5,10-11H2,1H3,(H2,16,19)(H,17,18)/t13-/m0/s1. The highest BCUT2D eigenvalue weighted by molar-refractivity contribution is 5.86. The molecule has 2 amide bonds. The van der Waals surface area contributed by atoms with E-state index in [1.807, 2.05) is 30.3 Å². The van der Waals surface area contributed by atoms with E-state index >= 15 is 0 Å². The minimum Gasteiger partial charge on any atom is -0.368 e. The number of carbonyl (C=O) groups is 2. The molecule has 0 aliphatic rings. The highest BCUT2D eigenvalue weighted by atomic mass is 16.2. The maximum atomic E-state index is 11.7. The van der Waals surface area contributed by atoms with Gasteiger partial charge in [0.25, 0.3) is 0 Å². The van der Waals surface area contributed by atoms with Crippen molar-refractivity contribution in [2.45, 2.75) is 45.1 Å². The lowest BCUT2D eigenvalue weighted by molar-refractivity contribution is -0.127. The van der Waals surface area contributed by atoms with Crippen LogP contribution in [-0.2, 0) is 16.0 Å². The van der Waals surface area contributed by atoms with Gasteiger partial charge in [0, 0.05) is 12.8 Å². The molecule has 19 heavy (non-hydrogen) atoms. The molecule has 1 atom stereocenters. The van der Waals surface area contributed by atoms with Crippen LogP contribution < -0.4 is 11.1 Å². The predicted molar refractivity (Wildman–Crippen MR) is 75.4 cm³/mol. The topological polar surface area (TPSA) is 72.2 Å². The smallest absolute Gasteiger partial charge is 0.240 e. The second-order valence-corrected chi connectivity index (χ2v) is 4.67. The summed E-state index contributed by atoms with van der Waals surface area (Å²) in [4.78, 5) is 23.1. The zero-order chi connectivity index (χ0) is 14.1. The molecule has 0 aromatic heterocycles. The van der Waals surface area contributed by atoms with Gasteiger partial charge in [-0.2, -0.15) is 0 Å². The minimum atomic E-state index is -0.628. The third-order valence-electron chi connectivity index (χ3n) is 2.97. The van der Waals surface area contributed by atoms with Gasteiger partial charge in [-0.3, -0.25) is 9.59 Å². The van der Waals surface area contributed by atoms with E-state index in [-0.39, 0.29) is 5.91 Å². The largest absolute Gasteiger partial charge is 0.368 e. The lowest BCUT2D eigenvalue weighted by Gasteiger charge is -2.15. The highest BCUT2D eigenvalue weighted by Gasteiger charge is 2.18. The van der Waals surface area contributed by atoms with Gasteiger partial charge >= 0.3 is 0 Å². The molecule has 0 unspecified atom stereocenters. The fraction of sp³-hybridized carbons (Fsp3) is 0.467. The second-order valence-electron chi connectivity index (χ2n) is 4.67. The van der Waals surface area contributed by atoms with Crippen LogP contribution in [0.5, 0.6) is 0 Å². The molecule has 0 spiro atoms. The average molecular weight is 262 g/mol. The normalized spacial score (nSPS) is 11.8. The van der Waals surface area contributed by atoms with Crippen molar-refractivity contribution in [1.82, 2.24) is 5.32 Å². The Morgan fingerprint density at radius 3 is 2.47 bits per heavy atom. The summed E-state index contributed by atoms with van der Waals surface area (Å²) in [5.41, 5.74) is 6.32. The van der Waals surface area contributed by atoms with Crippen LogP contribution in [0.3, 0.4) is 0 Å². The third-order valence-corrected chi connectivity index (χ3v) is 2.97. The second kappa shape index (κ2) is 8.29. The van der Waals surface area contributed by atoms with Gasteiger partial charge in [0.05, 0.1) is 0 Å². The number of primary amides is 1. The van der Waals surface area contributed by atoms with Gasteiger partial charge in [0.2, 0.25) is 11.8 Å². The summed E-state index contributed by atoms with van der Waals surface area (Å²) < 4.78 is 0. The molecule has 4 nitrogen and oxygen atoms in total. The van der Waals surface area contributed by atoms with E-state index < -0.39 is 11.9 Å². The molecule has 0 fully saturated rings. The Kier molecular flexibility index (Phi) is 6.64. The van der Waals surface area contributed by atoms with E-state index in [2.05, 4.69) is 12.2 Å². The number of hydrogen-bond donors (Lipinski definition) is 2. The molecule has 0 heterocycles. The number of hydrogen-bond acceptors (Lipinski definition) is 2. The first-order valence-electron chi connectivity index (χ1n) is 6.76. The molecule has 1 rings (SSSR count). The minimum absolute atomic E-state index is 0.104. The number of nitrogens with two attached hydrogens (primary N) is 1. The summed E-state index contributed by atoms with van der Waals surface area (Å²) >= 11 is 0. The van der Waals surface area contributed by atoms with Gasteiger partial charge in [0.1, 0.15) is 6.04 Å². The highest BCUT2D eigenvalue weighted by Crippen LogP contribution is 2.04. The molecule has 0 aliphatic heterocycles. The van der Waals surface area contributed by atoms with Gasteiger partial charge < -0.3 is 11.1 Å². The number of amides is 2. The zero-order valence-electron chi connectivity index (χ0n) is 11.4. The van der Waals surface area contributed by atoms with Crippen molar-refractivity contribution in [3.05, 3.63) is 35.9 Å². The summed E-state index contributed by atoms with van der Waals surface area (Å²) in [7, 11) is 0. The molecular weight excluding hydrogens is 240 g/mol. The van der Waals surface area contributed by atoms with Crippen LogP contribution in [0.15, 0.2) is 30.3 Å². The lowest BCUT2D eigenvalue weighted by Crippen LogP contribution is -2.45. The fourth-order valence-electron chi connectivity index (χ4n) is 1.87. The summed E-state index contributed by atoms with van der Waals surface area (Å²) in [5, 5.41) is 2.71. The van der Waals surface area contributed by atoms with Crippen molar-refractivity contribution in [3.8, 4) is 0 Å². The molecule has 0 saturated heterocycles. The van der Waals surface area contributed by atoms with Crippen LogP contribution >= 0.6 is 0 Å². The first-order valence-corrected chi connectivity index (χ1v) is 6.76. The van der Waals surface area contributed by atoms with E-state index in [1.165, 1.54) is 0 Å². The van der Waals surface area contributed by atoms with E-state index in [0.717, 1.165) is 24.8 Å². The SMILES string of the molecule is CCCCCC(=O)N[C@@H](Cc1ccccc1)C(N)=O. The molecule has 0 radical (unpaired) electrons. The van der Waals surface area contributed by atoms with E-state index in [1.54, 1.807) is 0 Å². The Bertz CT molecular complexity index is 404. The van der Waals surface area contributed by atoms with Gasteiger partial charge in [-0.05, 0) is 12.0 Å². The first kappa shape index (κ1) is 15.2. The molecule has 0 bridgehead atoms. The molecule has 104 valence electrons. The molecule has 0 saturated carbocycles. The van der Waals surface area contributed by atoms with Gasteiger partial charge in [-0.1, -0.05) is 50.1 Å². The molecule has 1 aromatic carbocycles. The van der Waals surface area contributed by atoms with Crippen molar-refractivity contribution >= 4 is 11.8 Å². The molecule has 0 aliphatic carbocycles. The third kappa shape index (κ3) is 6.04. The summed E-state index contributed by atoms with van der Waals surface area (Å²) in [6, 6.07) is 8.91. The van der Waals surface area contributed by atoms with Crippen LogP contribution in [0, 0.1) is 0 Å². The van der Waals surface area contributed by atoms with Crippen LogP contribution in [0.25, 0.3) is 0 Å². The first-order chi connectivity index (χ1) is 9.13. The lowest BCUT2D eigenvalue weighted by atomic mass is 10.1. The molecule has 3 N–H and O–H groups in total. The summed E-state index contributed by atoms with van der Waals surface area (Å²) in [5.74, 6) is -0.596. The van der Waals surface area contributed by atoms with Crippen molar-refractivity contribution in [2.75, 3.05) is 0 Å². The number of carbonyl (C=O) groups excluding carboxylic acids is 2. The number of unbranched alkanes of at least 4 members (excludes halogenated alkanes) is 2. The van der Waals surface area contributed by atoms with Crippen LogP contribution in [0.4, 0.5) is 0 Å². The van der Waals surface area contributed by atoms with Gasteiger partial charge in [0.15, 0.2) is 0 Å². The quantitative estimate of drug-likeness (QED) is 0.701. The maximum absolute atomic E-state index is 11.7. The van der Waals surface area contributed by atoms with Crippen molar-refractivity contribution in [3.63, 3.8) is 0 Å². The van der Waals surface area contributed by atoms with Crippen molar-refractivity contribution < 1.29 is 9.59 Å². The number of rotatable bonds is 8. The number of nitrogens with one attached hydrogen (secondary N) is 1. The van der Waals surface area contributed by atoms with Gasteiger partial charge in [-0.25, -0.2) is 0 Å². The summed E-state index contributed by atoms with van der Waals surface area (Å²) in [6.07, 6.45) is 3.82. The number of benzene rings is 1. The average Bonchev–Trinajstić information content (AvgIpc) is 2.39. The predicted octanol–water partition coefficient (Wildman–Crippen LogP) is 1.78. The Morgan fingerprint density at radius 2 is 1.89 bits per heavy atom. The Hall–Kier alpha value is -1.84. The molecular formula is C15H22N2O2. The molecule has 4 heteroatoms. The fourth-order valence-corrected chi connectivity index (χ4v) is 1.87. The van der Waals surface area contributed by atoms with Gasteiger partial charge in [-0.15, -0.1) is 0 Å². The molecule has 1 aromatic rings. The Morgan fingerprint density at radius 1 is 1.21 bits per heavy atom. The summed E-state index contributed by atoms with van der Waals surface area (Å²) in [6.45, 7) is 2.08. The van der Waals surface area contributed by atoms with E-state index in [9.17, 15) is 9.59 Å². The zero-order valence-corrected chi connectivity index (χ0v) is 11.4. The Balaban J connectivity index is 2.49. The Labute approximate surface area is 114 Å². The van der Waals surface area contributed by atoms with E-state index in [0.29, 0.717) is 12.8 Å². The maximum Gasteiger partial charge on any atom is 0.240 e. The van der Waals surface area contributed by atoms with Crippen molar-refractivity contribution in [1.29, 1.82) is 0 Å².